The SMILES string of the molecule is [CH2]c1cccc(-c2ccncc2)c1. The molecule has 0 aliphatic heterocycles. The maximum absolute atomic E-state index is 3.98. The summed E-state index contributed by atoms with van der Waals surface area (Å²) >= 11 is 0. The topological polar surface area (TPSA) is 12.9 Å². The highest BCUT2D eigenvalue weighted by Crippen LogP contribution is 2.18. The lowest BCUT2D eigenvalue weighted by Crippen LogP contribution is -1.79. The molecule has 2 aromatic rings. The molecule has 0 saturated carbocycles. The minimum absolute atomic E-state index is 1.04. The van der Waals surface area contributed by atoms with Gasteiger partial charge in [-0.15, -0.1) is 0 Å². The van der Waals surface area contributed by atoms with Crippen LogP contribution in [0.4, 0.5) is 0 Å². The smallest absolute Gasteiger partial charge is 0.0273 e. The minimum Gasteiger partial charge on any atom is -0.265 e. The van der Waals surface area contributed by atoms with Gasteiger partial charge in [-0.2, -0.15) is 0 Å². The standard InChI is InChI=1S/C12H10N/c1-10-3-2-4-12(9-10)11-5-7-13-8-6-11/h2-9H,1H2. The third-order valence-corrected chi connectivity index (χ3v) is 1.94. The van der Waals surface area contributed by atoms with Gasteiger partial charge in [-0.25, -0.2) is 0 Å². The molecule has 13 heavy (non-hydrogen) atoms. The maximum Gasteiger partial charge on any atom is 0.0273 e. The van der Waals surface area contributed by atoms with Crippen LogP contribution in [-0.2, 0) is 0 Å². The normalized spacial score (nSPS) is 9.92. The predicted molar refractivity (Wildman–Crippen MR) is 54.1 cm³/mol. The van der Waals surface area contributed by atoms with Crippen molar-refractivity contribution in [1.82, 2.24) is 4.98 Å². The molecule has 0 N–H and O–H groups in total. The van der Waals surface area contributed by atoms with Crippen LogP contribution < -0.4 is 0 Å². The van der Waals surface area contributed by atoms with Gasteiger partial charge in [0.05, 0.1) is 0 Å². The maximum atomic E-state index is 3.98. The molecular formula is C12H10N. The van der Waals surface area contributed by atoms with Crippen molar-refractivity contribution in [3.05, 3.63) is 61.3 Å². The molecule has 1 radical (unpaired) electrons. The number of pyridine rings is 1. The molecule has 1 aromatic carbocycles. The van der Waals surface area contributed by atoms with E-state index < -0.39 is 0 Å². The molecule has 0 unspecified atom stereocenters. The zero-order valence-electron chi connectivity index (χ0n) is 7.27. The number of hydrogen-bond acceptors (Lipinski definition) is 1. The van der Waals surface area contributed by atoms with E-state index in [1.165, 1.54) is 11.1 Å². The fraction of sp³-hybridized carbons (Fsp3) is 0. The Balaban J connectivity index is 2.48. The Morgan fingerprint density at radius 1 is 0.923 bits per heavy atom. The number of nitrogens with zero attached hydrogens (tertiary/aromatic N) is 1. The van der Waals surface area contributed by atoms with Gasteiger partial charge in [0.1, 0.15) is 0 Å². The molecule has 2 rings (SSSR count). The van der Waals surface area contributed by atoms with E-state index >= 15 is 0 Å². The van der Waals surface area contributed by atoms with Crippen molar-refractivity contribution in [3.8, 4) is 11.1 Å². The van der Waals surface area contributed by atoms with Crippen molar-refractivity contribution >= 4 is 0 Å². The van der Waals surface area contributed by atoms with E-state index in [0.717, 1.165) is 5.56 Å². The predicted octanol–water partition coefficient (Wildman–Crippen LogP) is 2.93. The molecular weight excluding hydrogens is 158 g/mol. The Labute approximate surface area is 78.1 Å². The highest BCUT2D eigenvalue weighted by Gasteiger charge is 1.95. The summed E-state index contributed by atoms with van der Waals surface area (Å²) in [4.78, 5) is 3.98. The molecule has 0 atom stereocenters. The Hall–Kier alpha value is -1.63. The van der Waals surface area contributed by atoms with E-state index in [0.29, 0.717) is 0 Å². The van der Waals surface area contributed by atoms with Gasteiger partial charge in [-0.1, -0.05) is 24.3 Å². The average molecular weight is 168 g/mol. The Morgan fingerprint density at radius 2 is 1.69 bits per heavy atom. The highest BCUT2D eigenvalue weighted by molar-refractivity contribution is 5.63. The first-order chi connectivity index (χ1) is 6.36. The van der Waals surface area contributed by atoms with E-state index in [1.807, 2.05) is 24.3 Å². The Morgan fingerprint density at radius 3 is 2.38 bits per heavy atom. The van der Waals surface area contributed by atoms with Crippen LogP contribution in [0, 0.1) is 6.92 Å². The van der Waals surface area contributed by atoms with Crippen LogP contribution in [0.1, 0.15) is 5.56 Å². The molecule has 0 aliphatic rings. The van der Waals surface area contributed by atoms with Crippen molar-refractivity contribution in [2.75, 3.05) is 0 Å². The minimum atomic E-state index is 1.04. The second-order valence-electron chi connectivity index (χ2n) is 2.94. The van der Waals surface area contributed by atoms with Crippen molar-refractivity contribution < 1.29 is 0 Å². The van der Waals surface area contributed by atoms with Crippen LogP contribution in [0.5, 0.6) is 0 Å². The number of rotatable bonds is 1. The average Bonchev–Trinajstić information content (AvgIpc) is 2.19. The molecule has 0 fully saturated rings. The largest absolute Gasteiger partial charge is 0.265 e. The van der Waals surface area contributed by atoms with Gasteiger partial charge in [0, 0.05) is 12.4 Å². The first-order valence-corrected chi connectivity index (χ1v) is 4.19. The fourth-order valence-corrected chi connectivity index (χ4v) is 1.30. The fourth-order valence-electron chi connectivity index (χ4n) is 1.30. The van der Waals surface area contributed by atoms with Crippen molar-refractivity contribution in [2.24, 2.45) is 0 Å². The van der Waals surface area contributed by atoms with Crippen LogP contribution in [-0.4, -0.2) is 4.98 Å². The van der Waals surface area contributed by atoms with Gasteiger partial charge in [-0.05, 0) is 35.7 Å². The Kier molecular flexibility index (Phi) is 2.09. The zero-order chi connectivity index (χ0) is 9.10. The van der Waals surface area contributed by atoms with Crippen LogP contribution in [0.25, 0.3) is 11.1 Å². The number of aromatic nitrogens is 1. The monoisotopic (exact) mass is 168 g/mol. The van der Waals surface area contributed by atoms with E-state index in [9.17, 15) is 0 Å². The quantitative estimate of drug-likeness (QED) is 0.638. The van der Waals surface area contributed by atoms with E-state index in [-0.39, 0.29) is 0 Å². The molecule has 0 amide bonds. The summed E-state index contributed by atoms with van der Waals surface area (Å²) in [6.45, 7) is 3.89. The van der Waals surface area contributed by atoms with E-state index in [4.69, 9.17) is 0 Å². The third-order valence-electron chi connectivity index (χ3n) is 1.94. The zero-order valence-corrected chi connectivity index (χ0v) is 7.27. The van der Waals surface area contributed by atoms with Gasteiger partial charge in [0.25, 0.3) is 0 Å². The van der Waals surface area contributed by atoms with Gasteiger partial charge in [0.2, 0.25) is 0 Å². The summed E-state index contributed by atoms with van der Waals surface area (Å²) in [7, 11) is 0. The van der Waals surface area contributed by atoms with Crippen LogP contribution >= 0.6 is 0 Å². The van der Waals surface area contributed by atoms with Gasteiger partial charge in [0.15, 0.2) is 0 Å². The number of benzene rings is 1. The van der Waals surface area contributed by atoms with Crippen molar-refractivity contribution in [3.63, 3.8) is 0 Å². The van der Waals surface area contributed by atoms with E-state index in [1.54, 1.807) is 12.4 Å². The molecule has 0 aliphatic carbocycles. The lowest BCUT2D eigenvalue weighted by molar-refractivity contribution is 1.33. The first-order valence-electron chi connectivity index (χ1n) is 4.19. The van der Waals surface area contributed by atoms with E-state index in [2.05, 4.69) is 24.0 Å². The van der Waals surface area contributed by atoms with Gasteiger partial charge < -0.3 is 0 Å². The van der Waals surface area contributed by atoms with Crippen LogP contribution in [0.2, 0.25) is 0 Å². The molecule has 63 valence electrons. The summed E-state index contributed by atoms with van der Waals surface area (Å²) in [6.07, 6.45) is 3.59. The molecule has 1 nitrogen and oxygen atoms in total. The molecule has 0 saturated heterocycles. The second kappa shape index (κ2) is 3.40. The van der Waals surface area contributed by atoms with Gasteiger partial charge in [-0.3, -0.25) is 4.98 Å². The molecule has 0 spiro atoms. The highest BCUT2D eigenvalue weighted by atomic mass is 14.6. The molecule has 1 aromatic heterocycles. The summed E-state index contributed by atoms with van der Waals surface area (Å²) < 4.78 is 0. The Bertz CT molecular complexity index is 393. The molecule has 1 heteroatoms. The van der Waals surface area contributed by atoms with Crippen molar-refractivity contribution in [2.45, 2.75) is 0 Å². The van der Waals surface area contributed by atoms with Crippen molar-refractivity contribution in [1.29, 1.82) is 0 Å². The first kappa shape index (κ1) is 7.99. The third kappa shape index (κ3) is 1.75. The molecule has 0 bridgehead atoms. The summed E-state index contributed by atoms with van der Waals surface area (Å²) in [5.74, 6) is 0. The summed E-state index contributed by atoms with van der Waals surface area (Å²) in [6, 6.07) is 12.1. The van der Waals surface area contributed by atoms with Gasteiger partial charge >= 0.3 is 0 Å². The number of hydrogen-bond donors (Lipinski definition) is 0. The van der Waals surface area contributed by atoms with Crippen LogP contribution in [0.15, 0.2) is 48.8 Å². The molecule has 1 heterocycles. The lowest BCUT2D eigenvalue weighted by atomic mass is 10.1. The summed E-state index contributed by atoms with van der Waals surface area (Å²) in [5.41, 5.74) is 3.41. The summed E-state index contributed by atoms with van der Waals surface area (Å²) in [5, 5.41) is 0. The second-order valence-corrected chi connectivity index (χ2v) is 2.94. The van der Waals surface area contributed by atoms with Crippen LogP contribution in [0.3, 0.4) is 0 Å². The lowest BCUT2D eigenvalue weighted by Gasteiger charge is -2.01.